The van der Waals surface area contributed by atoms with Gasteiger partial charge in [-0.3, -0.25) is 9.69 Å². The Bertz CT molecular complexity index is 874. The van der Waals surface area contributed by atoms with E-state index in [1.54, 1.807) is 19.2 Å². The van der Waals surface area contributed by atoms with E-state index in [2.05, 4.69) is 21.2 Å². The number of anilines is 1. The maximum atomic E-state index is 14.5. The number of halogens is 1. The van der Waals surface area contributed by atoms with Crippen LogP contribution < -0.4 is 15.0 Å². The highest BCUT2D eigenvalue weighted by molar-refractivity contribution is 5.88. The molecule has 0 aromatic heterocycles. The van der Waals surface area contributed by atoms with Crippen molar-refractivity contribution in [3.8, 4) is 5.75 Å². The van der Waals surface area contributed by atoms with Crippen molar-refractivity contribution >= 4 is 11.6 Å². The van der Waals surface area contributed by atoms with Crippen LogP contribution in [0.1, 0.15) is 31.2 Å². The summed E-state index contributed by atoms with van der Waals surface area (Å²) in [6.45, 7) is 3.94. The first-order chi connectivity index (χ1) is 14.6. The molecular formula is C24H30FN3O2. The standard InChI is InChI=1S/C24H30FN3O2/c1-30-22-11-5-4-10-21(22)28-16-14-27(15-17-28)18-26-23(29)24(12-6-7-13-24)19-8-2-3-9-20(19)25/h2-5,8-11H,6-7,12-18H2,1H3,(H,26,29). The lowest BCUT2D eigenvalue weighted by atomic mass is 9.77. The third-order valence-electron chi connectivity index (χ3n) is 6.54. The van der Waals surface area contributed by atoms with Crippen molar-refractivity contribution in [2.75, 3.05) is 44.9 Å². The van der Waals surface area contributed by atoms with Crippen molar-refractivity contribution in [2.45, 2.75) is 31.1 Å². The van der Waals surface area contributed by atoms with Crippen molar-refractivity contribution in [2.24, 2.45) is 0 Å². The molecule has 1 heterocycles. The molecule has 1 amide bonds. The number of hydrogen-bond acceptors (Lipinski definition) is 4. The molecule has 6 heteroatoms. The molecule has 2 aromatic carbocycles. The van der Waals surface area contributed by atoms with Gasteiger partial charge in [-0.15, -0.1) is 0 Å². The van der Waals surface area contributed by atoms with Gasteiger partial charge >= 0.3 is 0 Å². The van der Waals surface area contributed by atoms with Gasteiger partial charge in [0.05, 0.1) is 24.9 Å². The fraction of sp³-hybridized carbons (Fsp3) is 0.458. The van der Waals surface area contributed by atoms with Crippen molar-refractivity contribution in [1.29, 1.82) is 0 Å². The number of benzene rings is 2. The summed E-state index contributed by atoms with van der Waals surface area (Å²) in [5, 5.41) is 3.12. The molecule has 1 aliphatic carbocycles. The zero-order valence-electron chi connectivity index (χ0n) is 17.6. The molecule has 1 saturated heterocycles. The fourth-order valence-corrected chi connectivity index (χ4v) is 4.84. The highest BCUT2D eigenvalue weighted by atomic mass is 19.1. The van der Waals surface area contributed by atoms with E-state index in [4.69, 9.17) is 4.74 Å². The van der Waals surface area contributed by atoms with Gasteiger partial charge in [-0.25, -0.2) is 4.39 Å². The van der Waals surface area contributed by atoms with E-state index < -0.39 is 5.41 Å². The molecule has 30 heavy (non-hydrogen) atoms. The largest absolute Gasteiger partial charge is 0.495 e. The Kier molecular flexibility index (Phi) is 6.23. The second-order valence-electron chi connectivity index (χ2n) is 8.21. The van der Waals surface area contributed by atoms with E-state index >= 15 is 0 Å². The molecule has 1 saturated carbocycles. The molecule has 0 spiro atoms. The summed E-state index contributed by atoms with van der Waals surface area (Å²) in [5.74, 6) is 0.560. The van der Waals surface area contributed by atoms with Gasteiger partial charge in [0.25, 0.3) is 0 Å². The molecule has 4 rings (SSSR count). The van der Waals surface area contributed by atoms with Crippen LogP contribution in [-0.2, 0) is 10.2 Å². The number of para-hydroxylation sites is 2. The highest BCUT2D eigenvalue weighted by Gasteiger charge is 2.44. The maximum absolute atomic E-state index is 14.5. The summed E-state index contributed by atoms with van der Waals surface area (Å²) in [6.07, 6.45) is 3.33. The second-order valence-corrected chi connectivity index (χ2v) is 8.21. The average Bonchev–Trinajstić information content (AvgIpc) is 3.29. The monoisotopic (exact) mass is 411 g/mol. The second kappa shape index (κ2) is 9.04. The van der Waals surface area contributed by atoms with Crippen LogP contribution in [0.3, 0.4) is 0 Å². The number of amides is 1. The summed E-state index contributed by atoms with van der Waals surface area (Å²) >= 11 is 0. The smallest absolute Gasteiger partial charge is 0.231 e. The first-order valence-corrected chi connectivity index (χ1v) is 10.8. The van der Waals surface area contributed by atoms with E-state index in [0.717, 1.165) is 50.5 Å². The molecule has 0 atom stereocenters. The lowest BCUT2D eigenvalue weighted by Gasteiger charge is -2.37. The SMILES string of the molecule is COc1ccccc1N1CCN(CNC(=O)C2(c3ccccc3F)CCCC2)CC1. The van der Waals surface area contributed by atoms with E-state index in [0.29, 0.717) is 25.1 Å². The normalized spacial score (nSPS) is 18.9. The van der Waals surface area contributed by atoms with Crippen molar-refractivity contribution in [3.05, 3.63) is 59.9 Å². The third kappa shape index (κ3) is 4.01. The fourth-order valence-electron chi connectivity index (χ4n) is 4.84. The zero-order valence-corrected chi connectivity index (χ0v) is 17.6. The molecule has 1 N–H and O–H groups in total. The number of rotatable bonds is 6. The van der Waals surface area contributed by atoms with Gasteiger partial charge in [0.15, 0.2) is 0 Å². The van der Waals surface area contributed by atoms with Gasteiger partial charge in [-0.1, -0.05) is 43.2 Å². The Morgan fingerprint density at radius 2 is 1.70 bits per heavy atom. The minimum Gasteiger partial charge on any atom is -0.495 e. The Morgan fingerprint density at radius 1 is 1.03 bits per heavy atom. The zero-order chi connectivity index (χ0) is 21.0. The molecule has 160 valence electrons. The van der Waals surface area contributed by atoms with E-state index in [1.807, 2.05) is 24.3 Å². The predicted molar refractivity (Wildman–Crippen MR) is 116 cm³/mol. The molecule has 5 nitrogen and oxygen atoms in total. The number of ether oxygens (including phenoxy) is 1. The Hall–Kier alpha value is -2.60. The van der Waals surface area contributed by atoms with Crippen molar-refractivity contribution in [3.63, 3.8) is 0 Å². The number of nitrogens with one attached hydrogen (secondary N) is 1. The minimum atomic E-state index is -0.732. The number of hydrogen-bond donors (Lipinski definition) is 1. The Morgan fingerprint density at radius 3 is 2.40 bits per heavy atom. The summed E-state index contributed by atoms with van der Waals surface area (Å²) < 4.78 is 20.0. The number of methoxy groups -OCH3 is 1. The van der Waals surface area contributed by atoms with Crippen LogP contribution in [0, 0.1) is 5.82 Å². The number of carbonyl (C=O) groups excluding carboxylic acids is 1. The molecule has 0 unspecified atom stereocenters. The third-order valence-corrected chi connectivity index (χ3v) is 6.54. The van der Waals surface area contributed by atoms with Crippen LogP contribution in [0.15, 0.2) is 48.5 Å². The van der Waals surface area contributed by atoms with Gasteiger partial charge in [-0.2, -0.15) is 0 Å². The molecule has 2 fully saturated rings. The van der Waals surface area contributed by atoms with Crippen LogP contribution >= 0.6 is 0 Å². The summed E-state index contributed by atoms with van der Waals surface area (Å²) in [4.78, 5) is 17.8. The lowest BCUT2D eigenvalue weighted by molar-refractivity contribution is -0.127. The predicted octanol–water partition coefficient (Wildman–Crippen LogP) is 3.54. The molecule has 1 aliphatic heterocycles. The Balaban J connectivity index is 1.36. The van der Waals surface area contributed by atoms with Crippen LogP contribution in [0.5, 0.6) is 5.75 Å². The van der Waals surface area contributed by atoms with Gasteiger partial charge in [0.1, 0.15) is 11.6 Å². The van der Waals surface area contributed by atoms with Crippen LogP contribution in [0.2, 0.25) is 0 Å². The quantitative estimate of drug-likeness (QED) is 0.790. The molecule has 0 radical (unpaired) electrons. The van der Waals surface area contributed by atoms with Crippen molar-refractivity contribution in [1.82, 2.24) is 10.2 Å². The average molecular weight is 412 g/mol. The van der Waals surface area contributed by atoms with E-state index in [9.17, 15) is 9.18 Å². The number of nitrogens with zero attached hydrogens (tertiary/aromatic N) is 2. The molecule has 0 bridgehead atoms. The minimum absolute atomic E-state index is 0.0442. The first kappa shape index (κ1) is 20.7. The molecule has 2 aliphatic rings. The van der Waals surface area contributed by atoms with Crippen LogP contribution in [0.4, 0.5) is 10.1 Å². The molecular weight excluding hydrogens is 381 g/mol. The highest BCUT2D eigenvalue weighted by Crippen LogP contribution is 2.42. The molecule has 2 aromatic rings. The van der Waals surface area contributed by atoms with Gasteiger partial charge in [-0.05, 0) is 31.0 Å². The lowest BCUT2D eigenvalue weighted by Crippen LogP contribution is -2.52. The summed E-state index contributed by atoms with van der Waals surface area (Å²) in [7, 11) is 1.69. The first-order valence-electron chi connectivity index (χ1n) is 10.8. The maximum Gasteiger partial charge on any atom is 0.231 e. The summed E-state index contributed by atoms with van der Waals surface area (Å²) in [6, 6.07) is 14.8. The van der Waals surface area contributed by atoms with E-state index in [-0.39, 0.29) is 11.7 Å². The Labute approximate surface area is 177 Å². The number of carbonyl (C=O) groups is 1. The van der Waals surface area contributed by atoms with Gasteiger partial charge in [0.2, 0.25) is 5.91 Å². The van der Waals surface area contributed by atoms with E-state index in [1.165, 1.54) is 6.07 Å². The van der Waals surface area contributed by atoms with Crippen LogP contribution in [0.25, 0.3) is 0 Å². The van der Waals surface area contributed by atoms with Crippen molar-refractivity contribution < 1.29 is 13.9 Å². The number of piperazine rings is 1. The summed E-state index contributed by atoms with van der Waals surface area (Å²) in [5.41, 5.74) is 0.916. The van der Waals surface area contributed by atoms with Crippen LogP contribution in [-0.4, -0.2) is 50.8 Å². The van der Waals surface area contributed by atoms with Gasteiger partial charge < -0.3 is 15.0 Å². The van der Waals surface area contributed by atoms with Gasteiger partial charge in [0, 0.05) is 31.7 Å². The topological polar surface area (TPSA) is 44.8 Å².